The molecule has 0 saturated carbocycles. The molecule has 7 nitrogen and oxygen atoms in total. The van der Waals surface area contributed by atoms with Crippen molar-refractivity contribution in [1.82, 2.24) is 14.9 Å². The van der Waals surface area contributed by atoms with E-state index in [1.54, 1.807) is 37.3 Å². The van der Waals surface area contributed by atoms with Crippen molar-refractivity contribution in [2.24, 2.45) is 0 Å². The second-order valence-electron chi connectivity index (χ2n) is 3.84. The standard InChI is InChI=1S/C13H13N5O2/c1-2-5-12(19)16-11-7-4-3-6-10(11)13(20)17-18-8-14-15-9-18/h2-9H,1H3,(H,16,19)(H,17,20)/b5-2+. The molecule has 0 atom stereocenters. The van der Waals surface area contributed by atoms with Gasteiger partial charge in [0, 0.05) is 0 Å². The molecule has 2 rings (SSSR count). The third-order valence-corrected chi connectivity index (χ3v) is 2.40. The summed E-state index contributed by atoms with van der Waals surface area (Å²) in [5.74, 6) is -0.668. The fourth-order valence-electron chi connectivity index (χ4n) is 1.55. The maximum absolute atomic E-state index is 12.1. The first-order chi connectivity index (χ1) is 9.70. The molecule has 2 aromatic rings. The van der Waals surface area contributed by atoms with Crippen LogP contribution in [0.15, 0.2) is 49.1 Å². The Morgan fingerprint density at radius 3 is 2.60 bits per heavy atom. The Labute approximate surface area is 115 Å². The largest absolute Gasteiger partial charge is 0.322 e. The Bertz CT molecular complexity index is 634. The molecule has 0 aliphatic rings. The van der Waals surface area contributed by atoms with Crippen molar-refractivity contribution in [3.63, 3.8) is 0 Å². The Kier molecular flexibility index (Phi) is 4.23. The summed E-state index contributed by atoms with van der Waals surface area (Å²) in [4.78, 5) is 23.7. The minimum atomic E-state index is -0.374. The minimum absolute atomic E-state index is 0.294. The molecule has 7 heteroatoms. The van der Waals surface area contributed by atoms with Gasteiger partial charge >= 0.3 is 0 Å². The number of hydrogen-bond donors (Lipinski definition) is 2. The monoisotopic (exact) mass is 271 g/mol. The number of hydrogen-bond acceptors (Lipinski definition) is 4. The molecular weight excluding hydrogens is 258 g/mol. The predicted molar refractivity (Wildman–Crippen MR) is 73.6 cm³/mol. The smallest absolute Gasteiger partial charge is 0.272 e. The first-order valence-corrected chi connectivity index (χ1v) is 5.89. The van der Waals surface area contributed by atoms with Crippen LogP contribution in [0.1, 0.15) is 17.3 Å². The van der Waals surface area contributed by atoms with Crippen LogP contribution in [0, 0.1) is 0 Å². The van der Waals surface area contributed by atoms with E-state index in [4.69, 9.17) is 0 Å². The van der Waals surface area contributed by atoms with Crippen LogP contribution in [-0.2, 0) is 4.79 Å². The van der Waals surface area contributed by atoms with Crippen molar-refractivity contribution < 1.29 is 9.59 Å². The van der Waals surface area contributed by atoms with Gasteiger partial charge in [0.25, 0.3) is 5.91 Å². The highest BCUT2D eigenvalue weighted by Gasteiger charge is 2.12. The van der Waals surface area contributed by atoms with Gasteiger partial charge in [-0.15, -0.1) is 10.2 Å². The van der Waals surface area contributed by atoms with E-state index in [1.165, 1.54) is 23.4 Å². The summed E-state index contributed by atoms with van der Waals surface area (Å²) in [6.45, 7) is 1.74. The molecule has 1 aromatic carbocycles. The van der Waals surface area contributed by atoms with Crippen molar-refractivity contribution in [2.75, 3.05) is 10.7 Å². The quantitative estimate of drug-likeness (QED) is 0.817. The van der Waals surface area contributed by atoms with E-state index in [0.717, 1.165) is 0 Å². The Balaban J connectivity index is 2.18. The highest BCUT2D eigenvalue weighted by atomic mass is 16.2. The average molecular weight is 271 g/mol. The van der Waals surface area contributed by atoms with Crippen molar-refractivity contribution in [3.8, 4) is 0 Å². The third kappa shape index (κ3) is 3.29. The maximum atomic E-state index is 12.1. The Morgan fingerprint density at radius 1 is 1.20 bits per heavy atom. The van der Waals surface area contributed by atoms with E-state index in [0.29, 0.717) is 11.3 Å². The number of nitrogens with zero attached hydrogens (tertiary/aromatic N) is 3. The fourth-order valence-corrected chi connectivity index (χ4v) is 1.55. The van der Waals surface area contributed by atoms with Crippen molar-refractivity contribution >= 4 is 17.5 Å². The lowest BCUT2D eigenvalue weighted by Gasteiger charge is -2.10. The second-order valence-corrected chi connectivity index (χ2v) is 3.84. The number of rotatable bonds is 4. The third-order valence-electron chi connectivity index (χ3n) is 2.40. The van der Waals surface area contributed by atoms with E-state index in [-0.39, 0.29) is 11.8 Å². The zero-order valence-corrected chi connectivity index (χ0v) is 10.8. The lowest BCUT2D eigenvalue weighted by Crippen LogP contribution is -2.23. The van der Waals surface area contributed by atoms with Gasteiger partial charge in [-0.05, 0) is 25.1 Å². The Morgan fingerprint density at radius 2 is 1.90 bits per heavy atom. The molecule has 0 fully saturated rings. The minimum Gasteiger partial charge on any atom is -0.322 e. The van der Waals surface area contributed by atoms with Crippen LogP contribution in [0.5, 0.6) is 0 Å². The Hall–Kier alpha value is -2.96. The van der Waals surface area contributed by atoms with E-state index in [1.807, 2.05) is 0 Å². The van der Waals surface area contributed by atoms with Gasteiger partial charge in [0.1, 0.15) is 12.7 Å². The molecule has 0 aliphatic heterocycles. The number of carbonyl (C=O) groups is 2. The molecule has 1 heterocycles. The van der Waals surface area contributed by atoms with E-state index < -0.39 is 0 Å². The van der Waals surface area contributed by atoms with Crippen molar-refractivity contribution in [3.05, 3.63) is 54.6 Å². The zero-order valence-electron chi connectivity index (χ0n) is 10.8. The second kappa shape index (κ2) is 6.28. The maximum Gasteiger partial charge on any atom is 0.272 e. The van der Waals surface area contributed by atoms with E-state index in [9.17, 15) is 9.59 Å². The summed E-state index contributed by atoms with van der Waals surface area (Å²) in [6, 6.07) is 6.72. The van der Waals surface area contributed by atoms with Gasteiger partial charge < -0.3 is 5.32 Å². The van der Waals surface area contributed by atoms with Gasteiger partial charge in [-0.25, -0.2) is 4.68 Å². The van der Waals surface area contributed by atoms with E-state index >= 15 is 0 Å². The SMILES string of the molecule is C/C=C/C(=O)Nc1ccccc1C(=O)Nn1cnnc1. The summed E-state index contributed by atoms with van der Waals surface area (Å²) in [5, 5.41) is 9.81. The molecule has 102 valence electrons. The van der Waals surface area contributed by atoms with Crippen molar-refractivity contribution in [2.45, 2.75) is 6.92 Å². The molecule has 0 spiro atoms. The molecule has 20 heavy (non-hydrogen) atoms. The predicted octanol–water partition coefficient (Wildman–Crippen LogP) is 1.18. The lowest BCUT2D eigenvalue weighted by molar-refractivity contribution is -0.111. The number of aromatic nitrogens is 3. The van der Waals surface area contributed by atoms with Crippen molar-refractivity contribution in [1.29, 1.82) is 0 Å². The molecule has 0 aliphatic carbocycles. The van der Waals surface area contributed by atoms with Gasteiger partial charge in [0.15, 0.2) is 0 Å². The number of nitrogens with one attached hydrogen (secondary N) is 2. The first kappa shape index (κ1) is 13.5. The molecule has 0 bridgehead atoms. The van der Waals surface area contributed by atoms with Crippen LogP contribution in [0.25, 0.3) is 0 Å². The lowest BCUT2D eigenvalue weighted by atomic mass is 10.1. The van der Waals surface area contributed by atoms with Gasteiger partial charge in [-0.2, -0.15) is 0 Å². The first-order valence-electron chi connectivity index (χ1n) is 5.89. The normalized spacial score (nSPS) is 10.4. The molecule has 2 N–H and O–H groups in total. The highest BCUT2D eigenvalue weighted by Crippen LogP contribution is 2.15. The summed E-state index contributed by atoms with van der Waals surface area (Å²) < 4.78 is 1.33. The molecule has 0 saturated heterocycles. The topological polar surface area (TPSA) is 88.9 Å². The van der Waals surface area contributed by atoms with Crippen LogP contribution in [0.4, 0.5) is 5.69 Å². The summed E-state index contributed by atoms with van der Waals surface area (Å²) in [5.41, 5.74) is 3.35. The number of benzene rings is 1. The number of amides is 2. The fraction of sp³-hybridized carbons (Fsp3) is 0.0769. The van der Waals surface area contributed by atoms with Gasteiger partial charge in [-0.1, -0.05) is 18.2 Å². The number of para-hydroxylation sites is 1. The summed E-state index contributed by atoms with van der Waals surface area (Å²) in [7, 11) is 0. The number of anilines is 1. The molecule has 2 amide bonds. The summed E-state index contributed by atoms with van der Waals surface area (Å²) >= 11 is 0. The molecule has 1 aromatic heterocycles. The van der Waals surface area contributed by atoms with Crippen LogP contribution >= 0.6 is 0 Å². The van der Waals surface area contributed by atoms with Crippen LogP contribution < -0.4 is 10.7 Å². The van der Waals surface area contributed by atoms with Crippen LogP contribution in [0.2, 0.25) is 0 Å². The molecule has 0 radical (unpaired) electrons. The van der Waals surface area contributed by atoms with Gasteiger partial charge in [0.05, 0.1) is 11.3 Å². The number of allylic oxidation sites excluding steroid dienone is 1. The zero-order chi connectivity index (χ0) is 14.4. The van der Waals surface area contributed by atoms with E-state index in [2.05, 4.69) is 20.9 Å². The van der Waals surface area contributed by atoms with Crippen LogP contribution in [0.3, 0.4) is 0 Å². The van der Waals surface area contributed by atoms with Crippen LogP contribution in [-0.4, -0.2) is 26.7 Å². The average Bonchev–Trinajstić information content (AvgIpc) is 2.92. The van der Waals surface area contributed by atoms with Gasteiger partial charge in [-0.3, -0.25) is 15.0 Å². The highest BCUT2D eigenvalue weighted by molar-refractivity contribution is 6.08. The molecular formula is C13H13N5O2. The molecule has 0 unspecified atom stereocenters. The number of carbonyl (C=O) groups excluding carboxylic acids is 2. The summed E-state index contributed by atoms with van der Waals surface area (Å²) in [6.07, 6.45) is 5.72. The van der Waals surface area contributed by atoms with Gasteiger partial charge in [0.2, 0.25) is 5.91 Å².